The van der Waals surface area contributed by atoms with Crippen molar-refractivity contribution in [3.8, 4) is 0 Å². The molecule has 2 N–H and O–H groups in total. The number of nitrogen functional groups attached to an aromatic ring is 1. The number of nitrogens with two attached hydrogens (primary N) is 1. The third-order valence-electron chi connectivity index (χ3n) is 4.97. The Balaban J connectivity index is 2.34. The van der Waals surface area contributed by atoms with Crippen LogP contribution in [-0.4, -0.2) is 5.78 Å². The van der Waals surface area contributed by atoms with Crippen molar-refractivity contribution in [2.45, 2.75) is 39.5 Å². The fourth-order valence-corrected chi connectivity index (χ4v) is 4.02. The van der Waals surface area contributed by atoms with Crippen LogP contribution in [0.1, 0.15) is 44.2 Å². The number of carbonyl (C=O) groups excluding carboxylic acids is 1. The number of anilines is 1. The zero-order chi connectivity index (χ0) is 14.7. The number of Topliss-reactive ketones (excluding diaryl/α,β-unsaturated/α-hetero) is 1. The maximum absolute atomic E-state index is 13.9. The Morgan fingerprint density at radius 1 is 1.50 bits per heavy atom. The monoisotopic (exact) mass is 293 g/mol. The van der Waals surface area contributed by atoms with Gasteiger partial charge in [-0.05, 0) is 54.5 Å². The highest BCUT2D eigenvalue weighted by molar-refractivity contribution is 6.34. The highest BCUT2D eigenvalue weighted by atomic mass is 35.5. The SMILES string of the molecule is CCC12CCC(=O)C(C)=C1c1cc(F)c(N)c(Cl)c1C2. The van der Waals surface area contributed by atoms with E-state index in [9.17, 15) is 9.18 Å². The van der Waals surface area contributed by atoms with Gasteiger partial charge in [-0.1, -0.05) is 18.5 Å². The molecule has 2 aliphatic carbocycles. The van der Waals surface area contributed by atoms with Crippen molar-refractivity contribution >= 4 is 28.6 Å². The zero-order valence-electron chi connectivity index (χ0n) is 11.6. The molecule has 0 amide bonds. The van der Waals surface area contributed by atoms with E-state index in [1.165, 1.54) is 6.07 Å². The lowest BCUT2D eigenvalue weighted by molar-refractivity contribution is -0.116. The first-order valence-corrected chi connectivity index (χ1v) is 7.30. The van der Waals surface area contributed by atoms with Crippen LogP contribution in [0.2, 0.25) is 5.02 Å². The Hall–Kier alpha value is -1.35. The summed E-state index contributed by atoms with van der Waals surface area (Å²) in [7, 11) is 0. The molecule has 1 atom stereocenters. The number of hydrogen-bond donors (Lipinski definition) is 1. The molecule has 0 spiro atoms. The average molecular weight is 294 g/mol. The highest BCUT2D eigenvalue weighted by Gasteiger charge is 2.46. The van der Waals surface area contributed by atoms with Gasteiger partial charge in [0.2, 0.25) is 0 Å². The van der Waals surface area contributed by atoms with Gasteiger partial charge in [-0.3, -0.25) is 4.79 Å². The van der Waals surface area contributed by atoms with E-state index >= 15 is 0 Å². The molecule has 0 aromatic heterocycles. The van der Waals surface area contributed by atoms with Gasteiger partial charge in [-0.25, -0.2) is 4.39 Å². The van der Waals surface area contributed by atoms with E-state index in [1.54, 1.807) is 0 Å². The normalized spacial score (nSPS) is 24.9. The Bertz CT molecular complexity index is 665. The molecule has 20 heavy (non-hydrogen) atoms. The molecule has 0 aliphatic heterocycles. The summed E-state index contributed by atoms with van der Waals surface area (Å²) in [6.07, 6.45) is 3.04. The summed E-state index contributed by atoms with van der Waals surface area (Å²) < 4.78 is 13.9. The van der Waals surface area contributed by atoms with E-state index in [2.05, 4.69) is 6.92 Å². The minimum absolute atomic E-state index is 0.0138. The van der Waals surface area contributed by atoms with Gasteiger partial charge in [-0.2, -0.15) is 0 Å². The minimum atomic E-state index is -0.501. The molecule has 2 nitrogen and oxygen atoms in total. The molecule has 4 heteroatoms. The van der Waals surface area contributed by atoms with E-state index in [-0.39, 0.29) is 16.9 Å². The molecular formula is C16H17ClFNO. The van der Waals surface area contributed by atoms with Gasteiger partial charge in [0.05, 0.1) is 10.7 Å². The van der Waals surface area contributed by atoms with Crippen molar-refractivity contribution in [2.75, 3.05) is 5.73 Å². The second-order valence-corrected chi connectivity index (χ2v) is 6.22. The average Bonchev–Trinajstić information content (AvgIpc) is 2.77. The Morgan fingerprint density at radius 2 is 2.20 bits per heavy atom. The van der Waals surface area contributed by atoms with Gasteiger partial charge < -0.3 is 5.73 Å². The predicted molar refractivity (Wildman–Crippen MR) is 79.1 cm³/mol. The molecule has 0 saturated carbocycles. The van der Waals surface area contributed by atoms with E-state index in [0.717, 1.165) is 41.5 Å². The number of ketones is 1. The van der Waals surface area contributed by atoms with Crippen molar-refractivity contribution in [1.29, 1.82) is 0 Å². The first kappa shape index (κ1) is 13.6. The third kappa shape index (κ3) is 1.59. The van der Waals surface area contributed by atoms with Gasteiger partial charge in [0.25, 0.3) is 0 Å². The van der Waals surface area contributed by atoms with Crippen LogP contribution >= 0.6 is 11.6 Å². The molecule has 106 valence electrons. The lowest BCUT2D eigenvalue weighted by atomic mass is 9.68. The maximum Gasteiger partial charge on any atom is 0.158 e. The number of hydrogen-bond acceptors (Lipinski definition) is 2. The lowest BCUT2D eigenvalue weighted by Crippen LogP contribution is -2.27. The van der Waals surface area contributed by atoms with Crippen LogP contribution in [-0.2, 0) is 11.2 Å². The first-order chi connectivity index (χ1) is 9.41. The molecule has 0 fully saturated rings. The van der Waals surface area contributed by atoms with Crippen molar-refractivity contribution in [3.05, 3.63) is 33.6 Å². The summed E-state index contributed by atoms with van der Waals surface area (Å²) in [5.74, 6) is -0.343. The minimum Gasteiger partial charge on any atom is -0.395 e. The smallest absolute Gasteiger partial charge is 0.158 e. The van der Waals surface area contributed by atoms with Crippen LogP contribution in [0.5, 0.6) is 0 Å². The molecule has 1 unspecified atom stereocenters. The maximum atomic E-state index is 13.9. The first-order valence-electron chi connectivity index (χ1n) is 6.92. The largest absolute Gasteiger partial charge is 0.395 e. The summed E-state index contributed by atoms with van der Waals surface area (Å²) in [4.78, 5) is 12.0. The second-order valence-electron chi connectivity index (χ2n) is 5.85. The van der Waals surface area contributed by atoms with Gasteiger partial charge in [0.1, 0.15) is 5.82 Å². The fraction of sp³-hybridized carbons (Fsp3) is 0.438. The van der Waals surface area contributed by atoms with Gasteiger partial charge in [0, 0.05) is 11.8 Å². The molecule has 1 aromatic carbocycles. The Morgan fingerprint density at radius 3 is 2.85 bits per heavy atom. The van der Waals surface area contributed by atoms with E-state index in [4.69, 9.17) is 17.3 Å². The number of rotatable bonds is 1. The van der Waals surface area contributed by atoms with Crippen LogP contribution in [0.25, 0.3) is 5.57 Å². The summed E-state index contributed by atoms with van der Waals surface area (Å²) in [6, 6.07) is 1.45. The molecule has 0 saturated heterocycles. The molecule has 0 bridgehead atoms. The van der Waals surface area contributed by atoms with Crippen molar-refractivity contribution in [3.63, 3.8) is 0 Å². The number of halogens is 2. The highest BCUT2D eigenvalue weighted by Crippen LogP contribution is 2.57. The van der Waals surface area contributed by atoms with Crippen molar-refractivity contribution in [1.82, 2.24) is 0 Å². The van der Waals surface area contributed by atoms with Gasteiger partial charge >= 0.3 is 0 Å². The quantitative estimate of drug-likeness (QED) is 0.790. The molecule has 2 aliphatic rings. The van der Waals surface area contributed by atoms with Crippen LogP contribution in [0.15, 0.2) is 11.6 Å². The Labute approximate surface area is 122 Å². The molecule has 0 heterocycles. The second kappa shape index (κ2) is 4.32. The topological polar surface area (TPSA) is 43.1 Å². The summed E-state index contributed by atoms with van der Waals surface area (Å²) >= 11 is 6.24. The van der Waals surface area contributed by atoms with Crippen LogP contribution in [0.4, 0.5) is 10.1 Å². The molecule has 1 aromatic rings. The predicted octanol–water partition coefficient (Wildman–Crippen LogP) is 4.15. The number of benzene rings is 1. The standard InChI is InChI=1S/C16H17ClFNO/c1-3-16-5-4-12(20)8(2)13(16)9-6-11(18)15(19)14(17)10(9)7-16/h6H,3-5,7,19H2,1-2H3. The fourth-order valence-electron chi connectivity index (χ4n) is 3.76. The van der Waals surface area contributed by atoms with Crippen molar-refractivity contribution < 1.29 is 9.18 Å². The van der Waals surface area contributed by atoms with Crippen LogP contribution < -0.4 is 5.73 Å². The van der Waals surface area contributed by atoms with Crippen LogP contribution in [0.3, 0.4) is 0 Å². The molecular weight excluding hydrogens is 277 g/mol. The van der Waals surface area contributed by atoms with E-state index in [0.29, 0.717) is 11.4 Å². The summed E-state index contributed by atoms with van der Waals surface area (Å²) in [5.41, 5.74) is 9.08. The van der Waals surface area contributed by atoms with Crippen molar-refractivity contribution in [2.24, 2.45) is 5.41 Å². The number of allylic oxidation sites excluding steroid dienone is 2. The molecule has 0 radical (unpaired) electrons. The lowest BCUT2D eigenvalue weighted by Gasteiger charge is -2.34. The van der Waals surface area contributed by atoms with Crippen LogP contribution in [0, 0.1) is 11.2 Å². The Kier molecular flexibility index (Phi) is 2.94. The van der Waals surface area contributed by atoms with Gasteiger partial charge in [-0.15, -0.1) is 0 Å². The zero-order valence-corrected chi connectivity index (χ0v) is 12.4. The molecule has 3 rings (SSSR count). The summed E-state index contributed by atoms with van der Waals surface area (Å²) in [6.45, 7) is 3.96. The van der Waals surface area contributed by atoms with E-state index < -0.39 is 5.82 Å². The van der Waals surface area contributed by atoms with E-state index in [1.807, 2.05) is 6.92 Å². The van der Waals surface area contributed by atoms with Gasteiger partial charge in [0.15, 0.2) is 5.78 Å². The number of fused-ring (bicyclic) bond motifs is 3. The number of carbonyl (C=O) groups is 1. The summed E-state index contributed by atoms with van der Waals surface area (Å²) in [5, 5.41) is 0.315. The third-order valence-corrected chi connectivity index (χ3v) is 5.40.